The quantitative estimate of drug-likeness (QED) is 0.757. The summed E-state index contributed by atoms with van der Waals surface area (Å²) in [5, 5.41) is 9.49. The van der Waals surface area contributed by atoms with E-state index in [4.69, 9.17) is 0 Å². The van der Waals surface area contributed by atoms with Crippen LogP contribution in [0.3, 0.4) is 0 Å². The summed E-state index contributed by atoms with van der Waals surface area (Å²) in [6.45, 7) is 2.83. The summed E-state index contributed by atoms with van der Waals surface area (Å²) in [4.78, 5) is 15.6. The topological polar surface area (TPSA) is 62.7 Å². The number of aromatic nitrogens is 3. The summed E-state index contributed by atoms with van der Waals surface area (Å²) in [6, 6.07) is 2.17. The van der Waals surface area contributed by atoms with Gasteiger partial charge in [0.15, 0.2) is 0 Å². The normalized spacial score (nSPS) is 10.9. The van der Waals surface area contributed by atoms with E-state index in [1.807, 2.05) is 17.9 Å². The fourth-order valence-electron chi connectivity index (χ4n) is 1.89. The number of nitrogens with zero attached hydrogens (tertiary/aromatic N) is 3. The molecule has 0 saturated carbocycles. The molecule has 3 heterocycles. The number of nitrogens with one attached hydrogen (secondary N) is 2. The smallest absolute Gasteiger partial charge is 0.225 e. The van der Waals surface area contributed by atoms with E-state index in [2.05, 4.69) is 38.6 Å². The maximum absolute atomic E-state index is 4.52. The van der Waals surface area contributed by atoms with Crippen LogP contribution in [0.5, 0.6) is 0 Å². The van der Waals surface area contributed by atoms with Gasteiger partial charge < -0.3 is 10.6 Å². The first-order chi connectivity index (χ1) is 9.80. The zero-order valence-electron chi connectivity index (χ0n) is 11.3. The minimum absolute atomic E-state index is 0.641. The molecule has 2 N–H and O–H groups in total. The second kappa shape index (κ2) is 5.72. The third-order valence-corrected chi connectivity index (χ3v) is 4.74. The van der Waals surface area contributed by atoms with Gasteiger partial charge in [-0.3, -0.25) is 0 Å². The van der Waals surface area contributed by atoms with Gasteiger partial charge in [-0.25, -0.2) is 9.97 Å². The van der Waals surface area contributed by atoms with Gasteiger partial charge in [0, 0.05) is 17.3 Å². The molecule has 0 aliphatic heterocycles. The van der Waals surface area contributed by atoms with E-state index in [1.165, 1.54) is 4.88 Å². The molecule has 0 atom stereocenters. The molecule has 0 saturated heterocycles. The molecule has 0 amide bonds. The van der Waals surface area contributed by atoms with Gasteiger partial charge in [-0.1, -0.05) is 6.92 Å². The van der Waals surface area contributed by atoms with Gasteiger partial charge in [-0.2, -0.15) is 4.98 Å². The van der Waals surface area contributed by atoms with E-state index in [0.29, 0.717) is 12.5 Å². The van der Waals surface area contributed by atoms with Crippen molar-refractivity contribution in [1.82, 2.24) is 15.0 Å². The lowest BCUT2D eigenvalue weighted by atomic mass is 10.3. The standard InChI is InChI=1S/C13H15N5S2/c1-3-9-4-10-11(15-5-8-6-19-7-16-8)17-13(14-2)18-12(10)20-9/h4,6-7H,3,5H2,1-2H3,(H2,14,15,17,18). The van der Waals surface area contributed by atoms with Crippen LogP contribution >= 0.6 is 22.7 Å². The molecule has 3 aromatic rings. The van der Waals surface area contributed by atoms with Crippen LogP contribution in [0.1, 0.15) is 17.5 Å². The zero-order chi connectivity index (χ0) is 13.9. The predicted octanol–water partition coefficient (Wildman–Crippen LogP) is 3.36. The third-order valence-electron chi connectivity index (χ3n) is 2.94. The van der Waals surface area contributed by atoms with Crippen LogP contribution in [0.2, 0.25) is 0 Å². The van der Waals surface area contributed by atoms with E-state index in [1.54, 1.807) is 22.7 Å². The predicted molar refractivity (Wildman–Crippen MR) is 85.8 cm³/mol. The van der Waals surface area contributed by atoms with Crippen LogP contribution in [-0.4, -0.2) is 22.0 Å². The first kappa shape index (κ1) is 13.3. The Hall–Kier alpha value is -1.73. The van der Waals surface area contributed by atoms with Gasteiger partial charge in [0.05, 0.1) is 23.1 Å². The Morgan fingerprint density at radius 1 is 1.30 bits per heavy atom. The molecule has 0 radical (unpaired) electrons. The van der Waals surface area contributed by atoms with E-state index in [0.717, 1.165) is 28.1 Å². The number of aryl methyl sites for hydroxylation is 1. The average Bonchev–Trinajstić information content (AvgIpc) is 3.12. The van der Waals surface area contributed by atoms with E-state index < -0.39 is 0 Å². The summed E-state index contributed by atoms with van der Waals surface area (Å²) in [7, 11) is 1.83. The van der Waals surface area contributed by atoms with Crippen molar-refractivity contribution in [1.29, 1.82) is 0 Å². The summed E-state index contributed by atoms with van der Waals surface area (Å²) < 4.78 is 0. The fraction of sp³-hybridized carbons (Fsp3) is 0.308. The molecule has 3 rings (SSSR count). The second-order valence-electron chi connectivity index (χ2n) is 4.26. The molecule has 0 spiro atoms. The summed E-state index contributed by atoms with van der Waals surface area (Å²) >= 11 is 3.32. The first-order valence-corrected chi connectivity index (χ1v) is 8.15. The molecule has 0 aliphatic carbocycles. The molecular formula is C13H15N5S2. The van der Waals surface area contributed by atoms with Crippen molar-refractivity contribution in [3.63, 3.8) is 0 Å². The molecule has 0 bridgehead atoms. The number of hydrogen-bond donors (Lipinski definition) is 2. The number of hydrogen-bond acceptors (Lipinski definition) is 7. The lowest BCUT2D eigenvalue weighted by Gasteiger charge is -2.07. The van der Waals surface area contributed by atoms with Gasteiger partial charge in [0.25, 0.3) is 0 Å². The van der Waals surface area contributed by atoms with Crippen molar-refractivity contribution in [3.05, 3.63) is 27.5 Å². The minimum atomic E-state index is 0.641. The summed E-state index contributed by atoms with van der Waals surface area (Å²) in [5.74, 6) is 1.51. The number of rotatable bonds is 5. The van der Waals surface area contributed by atoms with Crippen LogP contribution in [-0.2, 0) is 13.0 Å². The maximum Gasteiger partial charge on any atom is 0.225 e. The van der Waals surface area contributed by atoms with Crippen LogP contribution in [0.15, 0.2) is 17.0 Å². The van der Waals surface area contributed by atoms with Gasteiger partial charge in [0.2, 0.25) is 5.95 Å². The lowest BCUT2D eigenvalue weighted by Crippen LogP contribution is -2.05. The van der Waals surface area contributed by atoms with Crippen molar-refractivity contribution in [2.45, 2.75) is 19.9 Å². The zero-order valence-corrected chi connectivity index (χ0v) is 12.9. The number of fused-ring (bicyclic) bond motifs is 1. The highest BCUT2D eigenvalue weighted by atomic mass is 32.1. The van der Waals surface area contributed by atoms with E-state index in [-0.39, 0.29) is 0 Å². The van der Waals surface area contributed by atoms with Gasteiger partial charge in [-0.15, -0.1) is 22.7 Å². The molecule has 3 aromatic heterocycles. The molecule has 104 valence electrons. The van der Waals surface area contributed by atoms with Gasteiger partial charge in [-0.05, 0) is 12.5 Å². The molecule has 20 heavy (non-hydrogen) atoms. The maximum atomic E-state index is 4.52. The van der Waals surface area contributed by atoms with E-state index >= 15 is 0 Å². The number of thiophene rings is 1. The fourth-order valence-corrected chi connectivity index (χ4v) is 3.42. The Bertz CT molecular complexity index is 705. The molecule has 0 fully saturated rings. The van der Waals surface area contributed by atoms with Gasteiger partial charge in [0.1, 0.15) is 10.6 Å². The SMILES string of the molecule is CCc1cc2c(NCc3cscn3)nc(NC)nc2s1. The van der Waals surface area contributed by atoms with E-state index in [9.17, 15) is 0 Å². The number of thiazole rings is 1. The minimum Gasteiger partial charge on any atom is -0.364 e. The van der Waals surface area contributed by atoms with Crippen LogP contribution in [0.25, 0.3) is 10.2 Å². The van der Waals surface area contributed by atoms with Crippen LogP contribution in [0.4, 0.5) is 11.8 Å². The highest BCUT2D eigenvalue weighted by molar-refractivity contribution is 7.18. The Balaban J connectivity index is 1.96. The lowest BCUT2D eigenvalue weighted by molar-refractivity contribution is 1.05. The Morgan fingerprint density at radius 3 is 2.90 bits per heavy atom. The highest BCUT2D eigenvalue weighted by Gasteiger charge is 2.11. The molecule has 7 heteroatoms. The molecule has 0 aromatic carbocycles. The molecule has 5 nitrogen and oxygen atoms in total. The molecule has 0 aliphatic rings. The highest BCUT2D eigenvalue weighted by Crippen LogP contribution is 2.30. The summed E-state index contributed by atoms with van der Waals surface area (Å²) in [5.41, 5.74) is 2.87. The molecular weight excluding hydrogens is 290 g/mol. The van der Waals surface area contributed by atoms with Crippen LogP contribution in [0, 0.1) is 0 Å². The Morgan fingerprint density at radius 2 is 2.20 bits per heavy atom. The monoisotopic (exact) mass is 305 g/mol. The van der Waals surface area contributed by atoms with Crippen molar-refractivity contribution >= 4 is 44.7 Å². The molecule has 0 unspecified atom stereocenters. The van der Waals surface area contributed by atoms with Crippen molar-refractivity contribution in [2.75, 3.05) is 17.7 Å². The largest absolute Gasteiger partial charge is 0.364 e. The van der Waals surface area contributed by atoms with Crippen molar-refractivity contribution in [2.24, 2.45) is 0 Å². The average molecular weight is 305 g/mol. The third kappa shape index (κ3) is 2.59. The van der Waals surface area contributed by atoms with Crippen molar-refractivity contribution < 1.29 is 0 Å². The first-order valence-electron chi connectivity index (χ1n) is 6.39. The van der Waals surface area contributed by atoms with Crippen LogP contribution < -0.4 is 10.6 Å². The Kier molecular flexibility index (Phi) is 3.79. The van der Waals surface area contributed by atoms with Crippen molar-refractivity contribution in [3.8, 4) is 0 Å². The second-order valence-corrected chi connectivity index (χ2v) is 6.10. The number of anilines is 2. The summed E-state index contributed by atoms with van der Waals surface area (Å²) in [6.07, 6.45) is 1.02. The Labute approximate surface area is 125 Å². The van der Waals surface area contributed by atoms with Gasteiger partial charge >= 0.3 is 0 Å².